The molecule has 4 nitrogen and oxygen atoms in total. The van der Waals surface area contributed by atoms with Crippen molar-refractivity contribution in [2.45, 2.75) is 49.3 Å². The van der Waals surface area contributed by atoms with Crippen molar-refractivity contribution in [2.75, 3.05) is 26.4 Å². The summed E-state index contributed by atoms with van der Waals surface area (Å²) in [5.74, 6) is 0.301. The van der Waals surface area contributed by atoms with E-state index in [1.165, 1.54) is 42.2 Å². The minimum Gasteiger partial charge on any atom is -0.351 e. The Kier molecular flexibility index (Phi) is 7.59. The summed E-state index contributed by atoms with van der Waals surface area (Å²) in [5, 5.41) is 3.24. The molecule has 0 saturated heterocycles. The number of carbonyl (C=O) groups excluding carboxylic acids is 2. The van der Waals surface area contributed by atoms with Crippen LogP contribution in [0.1, 0.15) is 53.6 Å². The number of amides is 2. The number of benzene rings is 2. The van der Waals surface area contributed by atoms with E-state index in [0.717, 1.165) is 17.7 Å². The minimum absolute atomic E-state index is 0.00221. The molecule has 0 heterocycles. The lowest BCUT2D eigenvalue weighted by atomic mass is 9.68. The van der Waals surface area contributed by atoms with Gasteiger partial charge >= 0.3 is 0 Å². The first-order valence-electron chi connectivity index (χ1n) is 10.7. The second-order valence-electron chi connectivity index (χ2n) is 8.41. The number of thioether (sulfide) groups is 1. The van der Waals surface area contributed by atoms with Crippen LogP contribution in [0.5, 0.6) is 0 Å². The fourth-order valence-corrected chi connectivity index (χ4v) is 5.36. The maximum absolute atomic E-state index is 13.1. The SMILES string of the molecule is Cc1ccccc1C1(CNC(=O)c2ccccc2SCC(=O)N(C)C)CCCCC1. The Morgan fingerprint density at radius 3 is 2.37 bits per heavy atom. The summed E-state index contributed by atoms with van der Waals surface area (Å²) in [6, 6.07) is 16.1. The molecule has 0 bridgehead atoms. The number of nitrogens with one attached hydrogen (secondary N) is 1. The van der Waals surface area contributed by atoms with Crippen LogP contribution in [0, 0.1) is 6.92 Å². The van der Waals surface area contributed by atoms with Crippen LogP contribution in [-0.2, 0) is 10.2 Å². The molecule has 0 atom stereocenters. The molecule has 1 fully saturated rings. The van der Waals surface area contributed by atoms with Crippen LogP contribution in [0.15, 0.2) is 53.4 Å². The Bertz CT molecular complexity index is 888. The highest BCUT2D eigenvalue weighted by molar-refractivity contribution is 8.00. The van der Waals surface area contributed by atoms with E-state index in [2.05, 4.69) is 36.5 Å². The highest BCUT2D eigenvalue weighted by Crippen LogP contribution is 2.40. The van der Waals surface area contributed by atoms with Gasteiger partial charge in [0.2, 0.25) is 5.91 Å². The van der Waals surface area contributed by atoms with E-state index in [4.69, 9.17) is 0 Å². The maximum atomic E-state index is 13.1. The van der Waals surface area contributed by atoms with Crippen molar-refractivity contribution in [3.05, 3.63) is 65.2 Å². The lowest BCUT2D eigenvalue weighted by Crippen LogP contribution is -2.42. The highest BCUT2D eigenvalue weighted by atomic mass is 32.2. The lowest BCUT2D eigenvalue weighted by Gasteiger charge is -2.39. The van der Waals surface area contributed by atoms with Gasteiger partial charge in [0.15, 0.2) is 0 Å². The summed E-state index contributed by atoms with van der Waals surface area (Å²) in [7, 11) is 3.49. The molecule has 2 amide bonds. The molecule has 2 aromatic rings. The van der Waals surface area contributed by atoms with Gasteiger partial charge in [-0.3, -0.25) is 9.59 Å². The van der Waals surface area contributed by atoms with Crippen LogP contribution in [0.25, 0.3) is 0 Å². The fraction of sp³-hybridized carbons (Fsp3) is 0.440. The summed E-state index contributed by atoms with van der Waals surface area (Å²) >= 11 is 1.42. The molecule has 0 aromatic heterocycles. The molecular weight excluding hydrogens is 392 g/mol. The Hall–Kier alpha value is -2.27. The molecule has 0 radical (unpaired) electrons. The number of rotatable bonds is 7. The first-order valence-corrected chi connectivity index (χ1v) is 11.7. The van der Waals surface area contributed by atoms with E-state index in [0.29, 0.717) is 17.9 Å². The van der Waals surface area contributed by atoms with Crippen LogP contribution in [0.4, 0.5) is 0 Å². The molecule has 160 valence electrons. The molecule has 1 saturated carbocycles. The topological polar surface area (TPSA) is 49.4 Å². The third-order valence-electron chi connectivity index (χ3n) is 6.10. The molecule has 0 aliphatic heterocycles. The molecule has 1 aliphatic rings. The van der Waals surface area contributed by atoms with Crippen molar-refractivity contribution in [3.63, 3.8) is 0 Å². The predicted octanol–water partition coefficient (Wildman–Crippen LogP) is 4.81. The van der Waals surface area contributed by atoms with Gasteiger partial charge in [0, 0.05) is 31.0 Å². The predicted molar refractivity (Wildman–Crippen MR) is 124 cm³/mol. The zero-order valence-electron chi connectivity index (χ0n) is 18.2. The molecule has 1 N–H and O–H groups in total. The second kappa shape index (κ2) is 10.2. The van der Waals surface area contributed by atoms with E-state index < -0.39 is 0 Å². The van der Waals surface area contributed by atoms with E-state index >= 15 is 0 Å². The fourth-order valence-electron chi connectivity index (χ4n) is 4.33. The van der Waals surface area contributed by atoms with Gasteiger partial charge in [-0.1, -0.05) is 55.7 Å². The van der Waals surface area contributed by atoms with Gasteiger partial charge in [0.1, 0.15) is 0 Å². The maximum Gasteiger partial charge on any atom is 0.252 e. The van der Waals surface area contributed by atoms with Gasteiger partial charge < -0.3 is 10.2 Å². The Balaban J connectivity index is 1.75. The molecule has 0 unspecified atom stereocenters. The Morgan fingerprint density at radius 2 is 1.67 bits per heavy atom. The number of aryl methyl sites for hydroxylation is 1. The molecule has 3 rings (SSSR count). The molecule has 30 heavy (non-hydrogen) atoms. The van der Waals surface area contributed by atoms with E-state index in [1.54, 1.807) is 19.0 Å². The zero-order chi connectivity index (χ0) is 21.6. The summed E-state index contributed by atoms with van der Waals surface area (Å²) in [4.78, 5) is 27.5. The molecule has 5 heteroatoms. The van der Waals surface area contributed by atoms with Crippen LogP contribution >= 0.6 is 11.8 Å². The molecule has 0 spiro atoms. The smallest absolute Gasteiger partial charge is 0.252 e. The number of hydrogen-bond donors (Lipinski definition) is 1. The second-order valence-corrected chi connectivity index (χ2v) is 9.43. The third-order valence-corrected chi connectivity index (χ3v) is 7.15. The first kappa shape index (κ1) is 22.4. The first-order chi connectivity index (χ1) is 14.4. The van der Waals surface area contributed by atoms with Gasteiger partial charge in [-0.25, -0.2) is 0 Å². The summed E-state index contributed by atoms with van der Waals surface area (Å²) in [6.07, 6.45) is 5.87. The van der Waals surface area contributed by atoms with Crippen molar-refractivity contribution in [1.82, 2.24) is 10.2 Å². The standard InChI is InChI=1S/C25H32N2O2S/c1-19-11-5-7-13-21(19)25(15-9-4-10-16-25)18-26-24(29)20-12-6-8-14-22(20)30-17-23(28)27(2)3/h5-8,11-14H,4,9-10,15-18H2,1-3H3,(H,26,29). The Labute approximate surface area is 184 Å². The molecule has 2 aromatic carbocycles. The number of nitrogens with zero attached hydrogens (tertiary/aromatic N) is 1. The van der Waals surface area contributed by atoms with Crippen molar-refractivity contribution < 1.29 is 9.59 Å². The van der Waals surface area contributed by atoms with E-state index in [9.17, 15) is 9.59 Å². The van der Waals surface area contributed by atoms with Crippen LogP contribution < -0.4 is 5.32 Å². The van der Waals surface area contributed by atoms with Crippen molar-refractivity contribution in [1.29, 1.82) is 0 Å². The minimum atomic E-state index is -0.0612. The summed E-state index contributed by atoms with van der Waals surface area (Å²) < 4.78 is 0. The molecule has 1 aliphatic carbocycles. The number of carbonyl (C=O) groups is 2. The van der Waals surface area contributed by atoms with Crippen LogP contribution in [0.2, 0.25) is 0 Å². The van der Waals surface area contributed by atoms with Gasteiger partial charge in [0.05, 0.1) is 11.3 Å². The summed E-state index contributed by atoms with van der Waals surface area (Å²) in [6.45, 7) is 2.81. The quantitative estimate of drug-likeness (QED) is 0.649. The summed E-state index contributed by atoms with van der Waals surface area (Å²) in [5.41, 5.74) is 3.31. The monoisotopic (exact) mass is 424 g/mol. The number of hydrogen-bond acceptors (Lipinski definition) is 3. The third kappa shape index (κ3) is 5.25. The normalized spacial score (nSPS) is 15.4. The molecular formula is C25H32N2O2S. The van der Waals surface area contributed by atoms with E-state index in [-0.39, 0.29) is 17.2 Å². The van der Waals surface area contributed by atoms with Gasteiger partial charge in [-0.15, -0.1) is 11.8 Å². The Morgan fingerprint density at radius 1 is 1.00 bits per heavy atom. The average molecular weight is 425 g/mol. The van der Waals surface area contributed by atoms with Gasteiger partial charge in [0.25, 0.3) is 5.91 Å². The van der Waals surface area contributed by atoms with Gasteiger partial charge in [-0.05, 0) is 43.0 Å². The van der Waals surface area contributed by atoms with Crippen molar-refractivity contribution >= 4 is 23.6 Å². The zero-order valence-corrected chi connectivity index (χ0v) is 19.1. The highest BCUT2D eigenvalue weighted by Gasteiger charge is 2.35. The average Bonchev–Trinajstić information content (AvgIpc) is 2.77. The van der Waals surface area contributed by atoms with Gasteiger partial charge in [-0.2, -0.15) is 0 Å². The lowest BCUT2D eigenvalue weighted by molar-refractivity contribution is -0.125. The largest absolute Gasteiger partial charge is 0.351 e. The van der Waals surface area contributed by atoms with Crippen LogP contribution in [-0.4, -0.2) is 43.1 Å². The van der Waals surface area contributed by atoms with E-state index in [1.807, 2.05) is 24.3 Å². The van der Waals surface area contributed by atoms with Crippen LogP contribution in [0.3, 0.4) is 0 Å². The van der Waals surface area contributed by atoms with Crippen molar-refractivity contribution in [3.8, 4) is 0 Å². The van der Waals surface area contributed by atoms with Crippen molar-refractivity contribution in [2.24, 2.45) is 0 Å².